The van der Waals surface area contributed by atoms with Gasteiger partial charge in [0.2, 0.25) is 5.89 Å². The molecule has 0 saturated carbocycles. The minimum atomic E-state index is -0.897. The summed E-state index contributed by atoms with van der Waals surface area (Å²) in [6, 6.07) is 3.30. The van der Waals surface area contributed by atoms with Gasteiger partial charge in [-0.3, -0.25) is 0 Å². The first-order valence-corrected chi connectivity index (χ1v) is 6.12. The largest absolute Gasteiger partial charge is 0.339 e. The number of nitrogens with two attached hydrogens (primary N) is 1. The Hall–Kier alpha value is -1.86. The quantitative estimate of drug-likeness (QED) is 0.900. The Kier molecular flexibility index (Phi) is 4.41. The molecular formula is C13H16F2N4O. The van der Waals surface area contributed by atoms with E-state index in [9.17, 15) is 8.78 Å². The molecular weight excluding hydrogens is 266 g/mol. The van der Waals surface area contributed by atoms with Crippen LogP contribution >= 0.6 is 0 Å². The van der Waals surface area contributed by atoms with Crippen molar-refractivity contribution in [3.63, 3.8) is 0 Å². The van der Waals surface area contributed by atoms with E-state index in [1.54, 1.807) is 0 Å². The third-order valence-corrected chi connectivity index (χ3v) is 2.72. The van der Waals surface area contributed by atoms with Crippen molar-refractivity contribution in [3.8, 4) is 0 Å². The molecule has 0 aliphatic carbocycles. The molecule has 0 spiro atoms. The fourth-order valence-corrected chi connectivity index (χ4v) is 1.79. The average molecular weight is 282 g/mol. The molecule has 0 radical (unpaired) electrons. The number of likely N-dealkylation sites (N-methyl/N-ethyl adjacent to an activating group) is 1. The number of halogens is 2. The molecule has 2 rings (SSSR count). The second kappa shape index (κ2) is 6.06. The summed E-state index contributed by atoms with van der Waals surface area (Å²) in [6.45, 7) is 0.587. The van der Waals surface area contributed by atoms with Crippen LogP contribution in [0.5, 0.6) is 0 Å². The zero-order valence-corrected chi connectivity index (χ0v) is 11.3. The lowest BCUT2D eigenvalue weighted by molar-refractivity contribution is 0.348. The van der Waals surface area contributed by atoms with Gasteiger partial charge in [-0.1, -0.05) is 11.2 Å². The number of hydrogen-bond acceptors (Lipinski definition) is 5. The highest BCUT2D eigenvalue weighted by molar-refractivity contribution is 5.20. The first kappa shape index (κ1) is 14.5. The van der Waals surface area contributed by atoms with E-state index in [1.165, 1.54) is 6.07 Å². The molecule has 0 bridgehead atoms. The van der Waals surface area contributed by atoms with Crippen molar-refractivity contribution < 1.29 is 13.3 Å². The molecule has 20 heavy (non-hydrogen) atoms. The van der Waals surface area contributed by atoms with Crippen molar-refractivity contribution in [1.29, 1.82) is 0 Å². The summed E-state index contributed by atoms with van der Waals surface area (Å²) in [5.41, 5.74) is 6.47. The predicted octanol–water partition coefficient (Wildman–Crippen LogP) is 1.50. The summed E-state index contributed by atoms with van der Waals surface area (Å²) in [6.07, 6.45) is 0.235. The van der Waals surface area contributed by atoms with Gasteiger partial charge in [-0.25, -0.2) is 8.78 Å². The van der Waals surface area contributed by atoms with Crippen molar-refractivity contribution in [1.82, 2.24) is 15.0 Å². The van der Waals surface area contributed by atoms with Crippen molar-refractivity contribution in [2.75, 3.05) is 20.6 Å². The third kappa shape index (κ3) is 3.58. The monoisotopic (exact) mass is 282 g/mol. The Balaban J connectivity index is 2.07. The van der Waals surface area contributed by atoms with Crippen LogP contribution in [0.15, 0.2) is 22.7 Å². The minimum Gasteiger partial charge on any atom is -0.339 e. The number of benzene rings is 1. The van der Waals surface area contributed by atoms with Crippen molar-refractivity contribution in [2.24, 2.45) is 5.73 Å². The topological polar surface area (TPSA) is 68.2 Å². The fourth-order valence-electron chi connectivity index (χ4n) is 1.79. The van der Waals surface area contributed by atoms with Crippen LogP contribution in [0.4, 0.5) is 8.78 Å². The molecule has 0 saturated heterocycles. The van der Waals surface area contributed by atoms with Crippen LogP contribution in [0.3, 0.4) is 0 Å². The molecule has 0 aliphatic heterocycles. The van der Waals surface area contributed by atoms with E-state index in [-0.39, 0.29) is 12.5 Å². The van der Waals surface area contributed by atoms with Gasteiger partial charge in [0, 0.05) is 6.54 Å². The molecule has 2 aromatic rings. The number of hydrogen-bond donors (Lipinski definition) is 1. The van der Waals surface area contributed by atoms with Crippen LogP contribution in [0.1, 0.15) is 23.3 Å². The third-order valence-electron chi connectivity index (χ3n) is 2.72. The standard InChI is InChI=1S/C13H16F2N4O/c1-19(2)7-11(16)13-17-12(20-18-13)6-8-3-4-9(14)10(15)5-8/h3-5,11H,6-7,16H2,1-2H3. The Labute approximate surface area is 115 Å². The summed E-state index contributed by atoms with van der Waals surface area (Å²) in [5.74, 6) is -1.06. The first-order chi connectivity index (χ1) is 9.45. The molecule has 1 unspecified atom stereocenters. The Bertz CT molecular complexity index is 586. The predicted molar refractivity (Wildman–Crippen MR) is 68.9 cm³/mol. The highest BCUT2D eigenvalue weighted by Gasteiger charge is 2.15. The maximum absolute atomic E-state index is 13.1. The van der Waals surface area contributed by atoms with Crippen molar-refractivity contribution in [3.05, 3.63) is 47.1 Å². The highest BCUT2D eigenvalue weighted by Crippen LogP contribution is 2.14. The molecule has 0 aliphatic rings. The molecule has 1 atom stereocenters. The number of nitrogens with zero attached hydrogens (tertiary/aromatic N) is 3. The Morgan fingerprint density at radius 1 is 1.30 bits per heavy atom. The molecule has 1 aromatic carbocycles. The van der Waals surface area contributed by atoms with Gasteiger partial charge in [-0.2, -0.15) is 4.98 Å². The second-order valence-corrected chi connectivity index (χ2v) is 4.84. The van der Waals surface area contributed by atoms with Gasteiger partial charge in [0.25, 0.3) is 0 Å². The van der Waals surface area contributed by atoms with E-state index >= 15 is 0 Å². The molecule has 1 heterocycles. The van der Waals surface area contributed by atoms with Gasteiger partial charge < -0.3 is 15.2 Å². The van der Waals surface area contributed by atoms with E-state index in [0.29, 0.717) is 23.8 Å². The number of aromatic nitrogens is 2. The molecule has 7 heteroatoms. The van der Waals surface area contributed by atoms with E-state index in [1.807, 2.05) is 19.0 Å². The van der Waals surface area contributed by atoms with Crippen molar-refractivity contribution in [2.45, 2.75) is 12.5 Å². The lowest BCUT2D eigenvalue weighted by Gasteiger charge is -2.12. The zero-order valence-electron chi connectivity index (χ0n) is 11.3. The van der Waals surface area contributed by atoms with Gasteiger partial charge in [0.1, 0.15) is 0 Å². The normalized spacial score (nSPS) is 12.9. The number of rotatable bonds is 5. The van der Waals surface area contributed by atoms with Crippen LogP contribution < -0.4 is 5.73 Å². The average Bonchev–Trinajstić information content (AvgIpc) is 2.82. The van der Waals surface area contributed by atoms with Gasteiger partial charge >= 0.3 is 0 Å². The second-order valence-electron chi connectivity index (χ2n) is 4.84. The maximum atomic E-state index is 13.1. The molecule has 5 nitrogen and oxygen atoms in total. The van der Waals surface area contributed by atoms with E-state index < -0.39 is 11.6 Å². The molecule has 0 fully saturated rings. The lowest BCUT2D eigenvalue weighted by atomic mass is 10.1. The zero-order chi connectivity index (χ0) is 14.7. The van der Waals surface area contributed by atoms with Crippen LogP contribution in [0.2, 0.25) is 0 Å². The van der Waals surface area contributed by atoms with Gasteiger partial charge in [0.15, 0.2) is 17.5 Å². The van der Waals surface area contributed by atoms with E-state index in [0.717, 1.165) is 12.1 Å². The van der Waals surface area contributed by atoms with E-state index in [4.69, 9.17) is 10.3 Å². The molecule has 108 valence electrons. The van der Waals surface area contributed by atoms with Gasteiger partial charge in [-0.05, 0) is 31.8 Å². The lowest BCUT2D eigenvalue weighted by Crippen LogP contribution is -2.26. The minimum absolute atomic E-state index is 0.235. The van der Waals surface area contributed by atoms with Gasteiger partial charge in [0.05, 0.1) is 12.5 Å². The summed E-state index contributed by atoms with van der Waals surface area (Å²) >= 11 is 0. The van der Waals surface area contributed by atoms with Crippen LogP contribution in [0.25, 0.3) is 0 Å². The van der Waals surface area contributed by atoms with Crippen LogP contribution in [-0.2, 0) is 6.42 Å². The highest BCUT2D eigenvalue weighted by atomic mass is 19.2. The van der Waals surface area contributed by atoms with Crippen molar-refractivity contribution >= 4 is 0 Å². The smallest absolute Gasteiger partial charge is 0.231 e. The SMILES string of the molecule is CN(C)CC(N)c1noc(Cc2ccc(F)c(F)c2)n1. The van der Waals surface area contributed by atoms with Crippen LogP contribution in [-0.4, -0.2) is 35.7 Å². The Morgan fingerprint density at radius 2 is 2.05 bits per heavy atom. The maximum Gasteiger partial charge on any atom is 0.231 e. The molecule has 0 amide bonds. The summed E-state index contributed by atoms with van der Waals surface area (Å²) in [4.78, 5) is 6.08. The van der Waals surface area contributed by atoms with Crippen LogP contribution in [0, 0.1) is 11.6 Å². The fraction of sp³-hybridized carbons (Fsp3) is 0.385. The molecule has 2 N–H and O–H groups in total. The van der Waals surface area contributed by atoms with Gasteiger partial charge in [-0.15, -0.1) is 0 Å². The summed E-state index contributed by atoms with van der Waals surface area (Å²) in [5, 5.41) is 3.80. The Morgan fingerprint density at radius 3 is 2.70 bits per heavy atom. The molecule has 1 aromatic heterocycles. The summed E-state index contributed by atoms with van der Waals surface area (Å²) < 4.78 is 31.0. The first-order valence-electron chi connectivity index (χ1n) is 6.12. The van der Waals surface area contributed by atoms with E-state index in [2.05, 4.69) is 10.1 Å². The summed E-state index contributed by atoms with van der Waals surface area (Å²) in [7, 11) is 3.78.